The van der Waals surface area contributed by atoms with Gasteiger partial charge in [-0.2, -0.15) is 0 Å². The lowest BCUT2D eigenvalue weighted by atomic mass is 9.58. The summed E-state index contributed by atoms with van der Waals surface area (Å²) in [4.78, 5) is 22.9. The van der Waals surface area contributed by atoms with Crippen LogP contribution in [-0.2, 0) is 6.54 Å². The van der Waals surface area contributed by atoms with Gasteiger partial charge in [0.05, 0.1) is 22.6 Å². The number of anilines is 1. The molecule has 33 heavy (non-hydrogen) atoms. The first-order valence-corrected chi connectivity index (χ1v) is 12.9. The molecule has 2 bridgehead atoms. The Bertz CT molecular complexity index is 1050. The number of nitrogens with zero attached hydrogens (tertiary/aromatic N) is 3. The molecule has 4 aliphatic rings. The van der Waals surface area contributed by atoms with Crippen molar-refractivity contribution in [1.29, 1.82) is 0 Å². The fourth-order valence-electron chi connectivity index (χ4n) is 6.24. The second-order valence-electron chi connectivity index (χ2n) is 11.2. The highest BCUT2D eigenvalue weighted by molar-refractivity contribution is 5.81. The van der Waals surface area contributed by atoms with Crippen LogP contribution in [0.15, 0.2) is 17.2 Å². The zero-order valence-corrected chi connectivity index (χ0v) is 20.0. The van der Waals surface area contributed by atoms with E-state index in [1.807, 2.05) is 4.57 Å². The number of nitrogens with one attached hydrogen (secondary N) is 1. The van der Waals surface area contributed by atoms with Crippen LogP contribution in [0.1, 0.15) is 96.0 Å². The van der Waals surface area contributed by atoms with Gasteiger partial charge in [0.15, 0.2) is 0 Å². The van der Waals surface area contributed by atoms with Crippen LogP contribution in [0, 0.1) is 5.41 Å². The Balaban J connectivity index is 1.55. The van der Waals surface area contributed by atoms with Gasteiger partial charge in [-0.05, 0) is 94.4 Å². The molecular weight excluding hydrogens is 416 g/mol. The van der Waals surface area contributed by atoms with E-state index in [1.54, 1.807) is 6.20 Å². The fourth-order valence-corrected chi connectivity index (χ4v) is 6.24. The standard InChI is InChI=1S/C26H38N4O3/c1-3-17(2)28-24-27-14-20-22(29-24)21(18-4-6-19(31)7-5-18)15-30(23(20)32)16-25-8-11-26(33,12-9-25)13-10-25/h14-15,17-19,31,33H,3-13,16H2,1-2H3,(H,27,28,29)/t17-,18-,19-,25?,26?/m0/s1. The molecule has 0 spiro atoms. The highest BCUT2D eigenvalue weighted by atomic mass is 16.3. The molecule has 4 fully saturated rings. The highest BCUT2D eigenvalue weighted by Gasteiger charge is 2.47. The molecule has 0 unspecified atom stereocenters. The predicted octanol–water partition coefficient (Wildman–Crippen LogP) is 4.11. The van der Waals surface area contributed by atoms with Crippen LogP contribution in [0.5, 0.6) is 0 Å². The third-order valence-corrected chi connectivity index (χ3v) is 8.84. The van der Waals surface area contributed by atoms with Crippen molar-refractivity contribution < 1.29 is 10.2 Å². The molecule has 7 nitrogen and oxygen atoms in total. The van der Waals surface area contributed by atoms with Gasteiger partial charge in [0.2, 0.25) is 5.95 Å². The maximum absolute atomic E-state index is 13.6. The van der Waals surface area contributed by atoms with Gasteiger partial charge < -0.3 is 20.1 Å². The molecule has 1 atom stereocenters. The Morgan fingerprint density at radius 2 is 1.82 bits per heavy atom. The smallest absolute Gasteiger partial charge is 0.261 e. The maximum Gasteiger partial charge on any atom is 0.261 e. The Kier molecular flexibility index (Phi) is 5.98. The molecule has 180 valence electrons. The number of hydrogen-bond acceptors (Lipinski definition) is 6. The summed E-state index contributed by atoms with van der Waals surface area (Å²) >= 11 is 0. The first-order valence-electron chi connectivity index (χ1n) is 12.9. The normalized spacial score (nSPS) is 32.7. The molecule has 0 aliphatic heterocycles. The summed E-state index contributed by atoms with van der Waals surface area (Å²) in [6, 6.07) is 0.256. The lowest BCUT2D eigenvalue weighted by Gasteiger charge is -2.51. The van der Waals surface area contributed by atoms with Crippen molar-refractivity contribution in [2.24, 2.45) is 5.41 Å². The van der Waals surface area contributed by atoms with Gasteiger partial charge in [-0.3, -0.25) is 4.79 Å². The Morgan fingerprint density at radius 1 is 1.15 bits per heavy atom. The van der Waals surface area contributed by atoms with Crippen LogP contribution in [0.25, 0.3) is 10.9 Å². The minimum absolute atomic E-state index is 0.0135. The number of fused-ring (bicyclic) bond motifs is 4. The van der Waals surface area contributed by atoms with Gasteiger partial charge in [0.25, 0.3) is 5.56 Å². The minimum Gasteiger partial charge on any atom is -0.393 e. The summed E-state index contributed by atoms with van der Waals surface area (Å²) in [5.41, 5.74) is 1.49. The van der Waals surface area contributed by atoms with E-state index in [2.05, 4.69) is 30.3 Å². The van der Waals surface area contributed by atoms with E-state index < -0.39 is 5.60 Å². The largest absolute Gasteiger partial charge is 0.393 e. The van der Waals surface area contributed by atoms with Crippen molar-refractivity contribution in [1.82, 2.24) is 14.5 Å². The lowest BCUT2D eigenvalue weighted by molar-refractivity contribution is -0.0971. The van der Waals surface area contributed by atoms with Gasteiger partial charge >= 0.3 is 0 Å². The molecule has 2 heterocycles. The molecule has 4 saturated carbocycles. The van der Waals surface area contributed by atoms with E-state index in [0.717, 1.165) is 81.7 Å². The summed E-state index contributed by atoms with van der Waals surface area (Å²) < 4.78 is 1.92. The second kappa shape index (κ2) is 8.66. The fraction of sp³-hybridized carbons (Fsp3) is 0.731. The molecule has 4 aliphatic carbocycles. The van der Waals surface area contributed by atoms with Gasteiger partial charge in [0, 0.05) is 25.0 Å². The predicted molar refractivity (Wildman–Crippen MR) is 129 cm³/mol. The summed E-state index contributed by atoms with van der Waals surface area (Å²) in [6.45, 7) is 4.92. The number of aromatic nitrogens is 3. The van der Waals surface area contributed by atoms with Crippen LogP contribution in [-0.4, -0.2) is 42.5 Å². The second-order valence-corrected chi connectivity index (χ2v) is 11.2. The summed E-state index contributed by atoms with van der Waals surface area (Å²) in [7, 11) is 0. The van der Waals surface area contributed by atoms with Gasteiger partial charge in [0.1, 0.15) is 0 Å². The average molecular weight is 455 g/mol. The molecule has 6 rings (SSSR count). The number of hydrogen-bond donors (Lipinski definition) is 3. The molecule has 0 radical (unpaired) electrons. The third kappa shape index (κ3) is 4.42. The summed E-state index contributed by atoms with van der Waals surface area (Å²) in [5.74, 6) is 0.859. The molecule has 0 amide bonds. The number of rotatable bonds is 6. The minimum atomic E-state index is -0.475. The van der Waals surface area contributed by atoms with Crippen LogP contribution < -0.4 is 10.9 Å². The molecule has 2 aromatic heterocycles. The topological polar surface area (TPSA) is 100 Å². The van der Waals surface area contributed by atoms with Crippen LogP contribution >= 0.6 is 0 Å². The van der Waals surface area contributed by atoms with Crippen LogP contribution in [0.3, 0.4) is 0 Å². The molecule has 0 aromatic carbocycles. The van der Waals surface area contributed by atoms with Crippen molar-refractivity contribution in [2.45, 2.75) is 115 Å². The monoisotopic (exact) mass is 454 g/mol. The van der Waals surface area contributed by atoms with Crippen LogP contribution in [0.4, 0.5) is 5.95 Å². The first-order chi connectivity index (χ1) is 15.8. The van der Waals surface area contributed by atoms with Crippen LogP contribution in [0.2, 0.25) is 0 Å². The van der Waals surface area contributed by atoms with E-state index in [4.69, 9.17) is 4.98 Å². The zero-order valence-electron chi connectivity index (χ0n) is 20.0. The highest BCUT2D eigenvalue weighted by Crippen LogP contribution is 2.53. The number of pyridine rings is 1. The van der Waals surface area contributed by atoms with Gasteiger partial charge in [-0.25, -0.2) is 9.97 Å². The molecule has 0 saturated heterocycles. The first kappa shape index (κ1) is 22.8. The maximum atomic E-state index is 13.6. The van der Waals surface area contributed by atoms with E-state index >= 15 is 0 Å². The average Bonchev–Trinajstić information content (AvgIpc) is 2.82. The van der Waals surface area contributed by atoms with E-state index in [-0.39, 0.29) is 29.0 Å². The van der Waals surface area contributed by atoms with Gasteiger partial charge in [-0.1, -0.05) is 6.92 Å². The lowest BCUT2D eigenvalue weighted by Crippen LogP contribution is -2.48. The number of aliphatic hydroxyl groups is 2. The van der Waals surface area contributed by atoms with Crippen molar-refractivity contribution in [3.8, 4) is 0 Å². The van der Waals surface area contributed by atoms with Gasteiger partial charge in [-0.15, -0.1) is 0 Å². The third-order valence-electron chi connectivity index (χ3n) is 8.84. The zero-order chi connectivity index (χ0) is 23.2. The van der Waals surface area contributed by atoms with E-state index in [0.29, 0.717) is 17.9 Å². The Hall–Kier alpha value is -1.99. The van der Waals surface area contributed by atoms with Crippen molar-refractivity contribution >= 4 is 16.9 Å². The van der Waals surface area contributed by atoms with Crippen molar-refractivity contribution in [3.63, 3.8) is 0 Å². The van der Waals surface area contributed by atoms with Crippen molar-refractivity contribution in [3.05, 3.63) is 28.3 Å². The molecule has 7 heteroatoms. The van der Waals surface area contributed by atoms with E-state index in [9.17, 15) is 15.0 Å². The Labute approximate surface area is 195 Å². The summed E-state index contributed by atoms with van der Waals surface area (Å²) in [6.07, 6.45) is 13.4. The quantitative estimate of drug-likeness (QED) is 0.607. The molecular formula is C26H38N4O3. The SMILES string of the molecule is CC[C@H](C)Nc1ncc2c(=O)n(CC34CCC(O)(CC3)CC4)cc([C@H]3CC[C@H](O)CC3)c2n1. The Morgan fingerprint density at radius 3 is 2.45 bits per heavy atom. The van der Waals surface area contributed by atoms with E-state index in [1.165, 1.54) is 0 Å². The number of aliphatic hydroxyl groups excluding tert-OH is 1. The van der Waals surface area contributed by atoms with Crippen molar-refractivity contribution in [2.75, 3.05) is 5.32 Å². The molecule has 2 aromatic rings. The molecule has 3 N–H and O–H groups in total. The summed E-state index contributed by atoms with van der Waals surface area (Å²) in [5, 5.41) is 24.6.